The first-order valence-electron chi connectivity index (χ1n) is 6.84. The molecule has 0 aliphatic rings. The molecule has 0 spiro atoms. The molecule has 2 heterocycles. The van der Waals surface area contributed by atoms with Gasteiger partial charge in [-0.1, -0.05) is 25.1 Å². The van der Waals surface area contributed by atoms with Crippen molar-refractivity contribution in [3.8, 4) is 0 Å². The minimum Gasteiger partial charge on any atom is -0.306 e. The van der Waals surface area contributed by atoms with Gasteiger partial charge in [0, 0.05) is 36.6 Å². The van der Waals surface area contributed by atoms with E-state index in [0.717, 1.165) is 11.9 Å². The molecule has 1 aromatic carbocycles. The van der Waals surface area contributed by atoms with E-state index < -0.39 is 0 Å². The highest BCUT2D eigenvalue weighted by molar-refractivity contribution is 5.85. The van der Waals surface area contributed by atoms with E-state index in [9.17, 15) is 0 Å². The highest BCUT2D eigenvalue weighted by Crippen LogP contribution is 2.28. The number of benzene rings is 1. The van der Waals surface area contributed by atoms with Crippen LogP contribution < -0.4 is 5.32 Å². The second kappa shape index (κ2) is 5.43. The van der Waals surface area contributed by atoms with Crippen LogP contribution in [0.4, 0.5) is 0 Å². The number of pyridine rings is 1. The zero-order valence-corrected chi connectivity index (χ0v) is 11.7. The quantitative estimate of drug-likeness (QED) is 0.789. The first kappa shape index (κ1) is 12.8. The van der Waals surface area contributed by atoms with Crippen LogP contribution in [0.1, 0.15) is 24.1 Å². The maximum atomic E-state index is 4.29. The third-order valence-electron chi connectivity index (χ3n) is 3.49. The van der Waals surface area contributed by atoms with E-state index in [4.69, 9.17) is 0 Å². The van der Waals surface area contributed by atoms with Gasteiger partial charge >= 0.3 is 0 Å². The average molecular weight is 266 g/mol. The molecule has 2 aromatic heterocycles. The van der Waals surface area contributed by atoms with E-state index in [1.54, 1.807) is 0 Å². The summed E-state index contributed by atoms with van der Waals surface area (Å²) in [7, 11) is 1.94. The highest BCUT2D eigenvalue weighted by atomic mass is 15.2. The normalized spacial score (nSPS) is 12.7. The third kappa shape index (κ3) is 2.30. The number of hydrogen-bond donors (Lipinski definition) is 1. The fourth-order valence-corrected chi connectivity index (χ4v) is 2.60. The number of nitrogens with one attached hydrogen (secondary N) is 1. The Morgan fingerprint density at radius 2 is 2.15 bits per heavy atom. The molecule has 0 aliphatic carbocycles. The molecule has 102 valence electrons. The molecule has 0 fully saturated rings. The van der Waals surface area contributed by atoms with E-state index in [2.05, 4.69) is 52.8 Å². The van der Waals surface area contributed by atoms with Gasteiger partial charge in [-0.3, -0.25) is 9.67 Å². The Morgan fingerprint density at radius 1 is 1.25 bits per heavy atom. The zero-order valence-electron chi connectivity index (χ0n) is 11.7. The Balaban J connectivity index is 2.14. The van der Waals surface area contributed by atoms with Crippen molar-refractivity contribution >= 4 is 10.8 Å². The fraction of sp³-hybridized carbons (Fsp3) is 0.250. The number of aromatic nitrogens is 3. The molecule has 3 rings (SSSR count). The molecule has 3 aromatic rings. The van der Waals surface area contributed by atoms with E-state index in [-0.39, 0.29) is 6.04 Å². The lowest BCUT2D eigenvalue weighted by molar-refractivity contribution is 0.633. The number of aryl methyl sites for hydroxylation is 1. The number of nitrogens with zero attached hydrogens (tertiary/aromatic N) is 3. The first-order chi connectivity index (χ1) is 9.79. The van der Waals surface area contributed by atoms with Crippen LogP contribution in [0.3, 0.4) is 0 Å². The minimum atomic E-state index is 0.153. The van der Waals surface area contributed by atoms with Gasteiger partial charge in [-0.25, -0.2) is 0 Å². The Hall–Kier alpha value is -2.20. The molecule has 4 heteroatoms. The summed E-state index contributed by atoms with van der Waals surface area (Å²) in [5, 5.41) is 10.2. The summed E-state index contributed by atoms with van der Waals surface area (Å²) >= 11 is 0. The molecule has 4 nitrogen and oxygen atoms in total. The van der Waals surface area contributed by atoms with Crippen molar-refractivity contribution in [2.75, 3.05) is 6.54 Å². The molecule has 0 aliphatic heterocycles. The second-order valence-corrected chi connectivity index (χ2v) is 4.88. The van der Waals surface area contributed by atoms with Crippen LogP contribution in [0, 0.1) is 0 Å². The average Bonchev–Trinajstić information content (AvgIpc) is 2.91. The standard InChI is InChI=1S/C16H18N4/c1-3-18-16(13-10-19-20(2)11-13)15-6-4-5-12-9-17-8-7-14(12)15/h4-11,16,18H,3H2,1-2H3. The molecule has 0 saturated carbocycles. The number of hydrogen-bond acceptors (Lipinski definition) is 3. The van der Waals surface area contributed by atoms with Gasteiger partial charge in [0.2, 0.25) is 0 Å². The molecule has 1 atom stereocenters. The summed E-state index contributed by atoms with van der Waals surface area (Å²) < 4.78 is 1.84. The van der Waals surface area contributed by atoms with Crippen LogP contribution >= 0.6 is 0 Å². The van der Waals surface area contributed by atoms with Crippen LogP contribution in [-0.4, -0.2) is 21.3 Å². The Labute approximate surface area is 118 Å². The number of rotatable bonds is 4. The van der Waals surface area contributed by atoms with Crippen molar-refractivity contribution in [3.05, 3.63) is 60.2 Å². The van der Waals surface area contributed by atoms with Crippen molar-refractivity contribution in [2.45, 2.75) is 13.0 Å². The maximum Gasteiger partial charge on any atom is 0.0613 e. The predicted octanol–water partition coefficient (Wildman–Crippen LogP) is 2.67. The summed E-state index contributed by atoms with van der Waals surface area (Å²) in [6.07, 6.45) is 7.74. The van der Waals surface area contributed by atoms with E-state index in [0.29, 0.717) is 0 Å². The van der Waals surface area contributed by atoms with Gasteiger partial charge in [0.25, 0.3) is 0 Å². The minimum absolute atomic E-state index is 0.153. The van der Waals surface area contributed by atoms with Gasteiger partial charge in [0.05, 0.1) is 12.2 Å². The SMILES string of the molecule is CCNC(c1cnn(C)c1)c1cccc2cnccc12. The van der Waals surface area contributed by atoms with Gasteiger partial charge < -0.3 is 5.32 Å². The van der Waals surface area contributed by atoms with Gasteiger partial charge in [0.15, 0.2) is 0 Å². The molecule has 0 radical (unpaired) electrons. The lowest BCUT2D eigenvalue weighted by atomic mass is 9.96. The van der Waals surface area contributed by atoms with E-state index in [1.807, 2.05) is 30.3 Å². The van der Waals surface area contributed by atoms with Crippen molar-refractivity contribution in [1.82, 2.24) is 20.1 Å². The van der Waals surface area contributed by atoms with Gasteiger partial charge in [-0.05, 0) is 23.6 Å². The van der Waals surface area contributed by atoms with Crippen molar-refractivity contribution in [1.29, 1.82) is 0 Å². The van der Waals surface area contributed by atoms with Crippen LogP contribution in [-0.2, 0) is 7.05 Å². The smallest absolute Gasteiger partial charge is 0.0613 e. The Bertz CT molecular complexity index is 712. The molecule has 1 N–H and O–H groups in total. The summed E-state index contributed by atoms with van der Waals surface area (Å²) in [4.78, 5) is 4.20. The molecule has 20 heavy (non-hydrogen) atoms. The van der Waals surface area contributed by atoms with Crippen molar-refractivity contribution < 1.29 is 0 Å². The van der Waals surface area contributed by atoms with E-state index >= 15 is 0 Å². The van der Waals surface area contributed by atoms with Crippen molar-refractivity contribution in [3.63, 3.8) is 0 Å². The molecular formula is C16H18N4. The lowest BCUT2D eigenvalue weighted by Gasteiger charge is -2.19. The highest BCUT2D eigenvalue weighted by Gasteiger charge is 2.16. The van der Waals surface area contributed by atoms with E-state index in [1.165, 1.54) is 16.5 Å². The van der Waals surface area contributed by atoms with Gasteiger partial charge in [-0.2, -0.15) is 5.10 Å². The zero-order chi connectivity index (χ0) is 13.9. The molecule has 0 bridgehead atoms. The predicted molar refractivity (Wildman–Crippen MR) is 80.5 cm³/mol. The Morgan fingerprint density at radius 3 is 2.90 bits per heavy atom. The molecule has 0 amide bonds. The monoisotopic (exact) mass is 266 g/mol. The van der Waals surface area contributed by atoms with Crippen LogP contribution in [0.5, 0.6) is 0 Å². The van der Waals surface area contributed by atoms with Crippen molar-refractivity contribution in [2.24, 2.45) is 7.05 Å². The molecule has 0 saturated heterocycles. The lowest BCUT2D eigenvalue weighted by Crippen LogP contribution is -2.21. The first-order valence-corrected chi connectivity index (χ1v) is 6.84. The largest absolute Gasteiger partial charge is 0.306 e. The number of fused-ring (bicyclic) bond motifs is 1. The Kier molecular flexibility index (Phi) is 3.48. The third-order valence-corrected chi connectivity index (χ3v) is 3.49. The van der Waals surface area contributed by atoms with Gasteiger partial charge in [0.1, 0.15) is 0 Å². The van der Waals surface area contributed by atoms with Crippen LogP contribution in [0.25, 0.3) is 10.8 Å². The second-order valence-electron chi connectivity index (χ2n) is 4.88. The molecule has 1 unspecified atom stereocenters. The van der Waals surface area contributed by atoms with Crippen LogP contribution in [0.2, 0.25) is 0 Å². The fourth-order valence-electron chi connectivity index (χ4n) is 2.60. The van der Waals surface area contributed by atoms with Crippen LogP contribution in [0.15, 0.2) is 49.1 Å². The summed E-state index contributed by atoms with van der Waals surface area (Å²) in [5.41, 5.74) is 2.44. The topological polar surface area (TPSA) is 42.7 Å². The maximum absolute atomic E-state index is 4.29. The summed E-state index contributed by atoms with van der Waals surface area (Å²) in [6, 6.07) is 8.58. The molecular weight excluding hydrogens is 248 g/mol. The van der Waals surface area contributed by atoms with Gasteiger partial charge in [-0.15, -0.1) is 0 Å². The summed E-state index contributed by atoms with van der Waals surface area (Å²) in [5.74, 6) is 0. The summed E-state index contributed by atoms with van der Waals surface area (Å²) in [6.45, 7) is 3.02.